The Morgan fingerprint density at radius 2 is 2.05 bits per heavy atom. The van der Waals surface area contributed by atoms with Crippen molar-refractivity contribution in [3.63, 3.8) is 0 Å². The second-order valence-electron chi connectivity index (χ2n) is 5.54. The Labute approximate surface area is 127 Å². The van der Waals surface area contributed by atoms with Crippen molar-refractivity contribution in [3.8, 4) is 0 Å². The lowest BCUT2D eigenvalue weighted by Crippen LogP contribution is -2.33. The highest BCUT2D eigenvalue weighted by Gasteiger charge is 2.53. The van der Waals surface area contributed by atoms with Gasteiger partial charge >= 0.3 is 5.97 Å². The zero-order valence-corrected chi connectivity index (χ0v) is 12.3. The van der Waals surface area contributed by atoms with Crippen molar-refractivity contribution >= 4 is 11.7 Å². The van der Waals surface area contributed by atoms with Gasteiger partial charge in [-0.3, -0.25) is 0 Å². The second kappa shape index (κ2) is 5.68. The van der Waals surface area contributed by atoms with E-state index >= 15 is 0 Å². The molecule has 0 spiro atoms. The second-order valence-corrected chi connectivity index (χ2v) is 5.54. The Balaban J connectivity index is 1.62. The van der Waals surface area contributed by atoms with E-state index in [9.17, 15) is 4.79 Å². The zero-order chi connectivity index (χ0) is 15.7. The molecule has 0 saturated carbocycles. The van der Waals surface area contributed by atoms with Crippen molar-refractivity contribution in [2.75, 3.05) is 6.61 Å². The standard InChI is InChI=1S/C15H17NO6/c1-15(2)21-12-11(16-18)10(20-14(12)22-15)8-19-13(17)9-6-4-3-5-7-9/h3-7,10,12,14,18H,8H2,1-2H3/b16-11+/t10-,12+,14-/m1/s1. The number of carbonyl (C=O) groups excluding carboxylic acids is 1. The number of esters is 1. The van der Waals surface area contributed by atoms with Gasteiger partial charge in [0.15, 0.2) is 18.2 Å². The molecule has 22 heavy (non-hydrogen) atoms. The molecule has 2 heterocycles. The average molecular weight is 307 g/mol. The molecule has 2 aliphatic rings. The van der Waals surface area contributed by atoms with Gasteiger partial charge in [0.05, 0.1) is 5.56 Å². The maximum Gasteiger partial charge on any atom is 0.338 e. The lowest BCUT2D eigenvalue weighted by atomic mass is 10.1. The topological polar surface area (TPSA) is 86.6 Å². The number of oxime groups is 1. The molecule has 1 aromatic rings. The summed E-state index contributed by atoms with van der Waals surface area (Å²) in [6.07, 6.45) is -1.95. The third kappa shape index (κ3) is 2.83. The number of benzene rings is 1. The van der Waals surface area contributed by atoms with Gasteiger partial charge in [0.25, 0.3) is 0 Å². The highest BCUT2D eigenvalue weighted by Crippen LogP contribution is 2.35. The van der Waals surface area contributed by atoms with Crippen LogP contribution in [0.4, 0.5) is 0 Å². The summed E-state index contributed by atoms with van der Waals surface area (Å²) < 4.78 is 22.0. The average Bonchev–Trinajstić information content (AvgIpc) is 2.96. The molecule has 7 heteroatoms. The van der Waals surface area contributed by atoms with Crippen LogP contribution in [0.1, 0.15) is 24.2 Å². The molecule has 0 unspecified atom stereocenters. The van der Waals surface area contributed by atoms with Gasteiger partial charge in [-0.15, -0.1) is 0 Å². The van der Waals surface area contributed by atoms with E-state index < -0.39 is 30.3 Å². The molecule has 2 saturated heterocycles. The number of hydrogen-bond acceptors (Lipinski definition) is 7. The van der Waals surface area contributed by atoms with E-state index in [1.807, 2.05) is 6.07 Å². The van der Waals surface area contributed by atoms with Gasteiger partial charge in [-0.05, 0) is 26.0 Å². The summed E-state index contributed by atoms with van der Waals surface area (Å²) in [5.74, 6) is -1.28. The molecule has 0 aromatic heterocycles. The van der Waals surface area contributed by atoms with Crippen molar-refractivity contribution in [3.05, 3.63) is 35.9 Å². The molecule has 0 amide bonds. The largest absolute Gasteiger partial charge is 0.459 e. The van der Waals surface area contributed by atoms with Crippen LogP contribution in [0.25, 0.3) is 0 Å². The molecular formula is C15H17NO6. The van der Waals surface area contributed by atoms with Crippen molar-refractivity contribution in [1.82, 2.24) is 0 Å². The van der Waals surface area contributed by atoms with Crippen molar-refractivity contribution < 1.29 is 28.9 Å². The molecule has 0 radical (unpaired) electrons. The maximum atomic E-state index is 11.9. The molecule has 1 N–H and O–H groups in total. The van der Waals surface area contributed by atoms with Crippen LogP contribution in [-0.2, 0) is 18.9 Å². The van der Waals surface area contributed by atoms with Crippen LogP contribution in [0, 0.1) is 0 Å². The predicted octanol–water partition coefficient (Wildman–Crippen LogP) is 1.55. The first-order valence-electron chi connectivity index (χ1n) is 6.95. The van der Waals surface area contributed by atoms with E-state index in [2.05, 4.69) is 5.16 Å². The number of ether oxygens (including phenoxy) is 4. The van der Waals surface area contributed by atoms with E-state index in [1.165, 1.54) is 0 Å². The first-order chi connectivity index (χ1) is 10.5. The molecule has 2 fully saturated rings. The predicted molar refractivity (Wildman–Crippen MR) is 74.6 cm³/mol. The monoisotopic (exact) mass is 307 g/mol. The maximum absolute atomic E-state index is 11.9. The fourth-order valence-corrected chi connectivity index (χ4v) is 2.50. The highest BCUT2D eigenvalue weighted by molar-refractivity contribution is 5.95. The van der Waals surface area contributed by atoms with Gasteiger partial charge in [0, 0.05) is 0 Å². The minimum absolute atomic E-state index is 0.0761. The number of nitrogens with zero attached hydrogens (tertiary/aromatic N) is 1. The highest BCUT2D eigenvalue weighted by atomic mass is 16.8. The van der Waals surface area contributed by atoms with Gasteiger partial charge in [0.2, 0.25) is 0 Å². The van der Waals surface area contributed by atoms with Crippen LogP contribution >= 0.6 is 0 Å². The normalized spacial score (nSPS) is 31.2. The Morgan fingerprint density at radius 1 is 1.32 bits per heavy atom. The summed E-state index contributed by atoms with van der Waals surface area (Å²) >= 11 is 0. The first kappa shape index (κ1) is 15.0. The quantitative estimate of drug-likeness (QED) is 0.518. The Hall–Kier alpha value is -1.96. The Morgan fingerprint density at radius 3 is 2.73 bits per heavy atom. The van der Waals surface area contributed by atoms with Crippen LogP contribution in [0.15, 0.2) is 35.5 Å². The molecule has 2 aliphatic heterocycles. The number of carbonyl (C=O) groups is 1. The molecular weight excluding hydrogens is 290 g/mol. The van der Waals surface area contributed by atoms with E-state index in [0.717, 1.165) is 0 Å². The smallest absolute Gasteiger partial charge is 0.338 e. The molecule has 3 atom stereocenters. The van der Waals surface area contributed by atoms with Crippen molar-refractivity contribution in [1.29, 1.82) is 0 Å². The number of rotatable bonds is 3. The molecule has 7 nitrogen and oxygen atoms in total. The van der Waals surface area contributed by atoms with E-state index in [4.69, 9.17) is 24.2 Å². The Kier molecular flexibility index (Phi) is 3.86. The molecule has 0 aliphatic carbocycles. The van der Waals surface area contributed by atoms with Crippen LogP contribution < -0.4 is 0 Å². The van der Waals surface area contributed by atoms with Gasteiger partial charge in [0.1, 0.15) is 18.4 Å². The summed E-state index contributed by atoms with van der Waals surface area (Å²) in [7, 11) is 0. The third-order valence-corrected chi connectivity index (χ3v) is 3.47. The third-order valence-electron chi connectivity index (χ3n) is 3.47. The lowest BCUT2D eigenvalue weighted by molar-refractivity contribution is -0.199. The number of hydrogen-bond donors (Lipinski definition) is 1. The van der Waals surface area contributed by atoms with Gasteiger partial charge < -0.3 is 24.2 Å². The van der Waals surface area contributed by atoms with Gasteiger partial charge in [-0.2, -0.15) is 0 Å². The van der Waals surface area contributed by atoms with Crippen molar-refractivity contribution in [2.45, 2.75) is 38.1 Å². The fourth-order valence-electron chi connectivity index (χ4n) is 2.50. The van der Waals surface area contributed by atoms with E-state index in [1.54, 1.807) is 38.1 Å². The summed E-state index contributed by atoms with van der Waals surface area (Å²) in [5, 5.41) is 12.4. The van der Waals surface area contributed by atoms with Crippen LogP contribution in [0.3, 0.4) is 0 Å². The zero-order valence-electron chi connectivity index (χ0n) is 12.3. The first-order valence-corrected chi connectivity index (χ1v) is 6.95. The lowest BCUT2D eigenvalue weighted by Gasteiger charge is -2.20. The summed E-state index contributed by atoms with van der Waals surface area (Å²) in [4.78, 5) is 11.9. The molecule has 1 aromatic carbocycles. The van der Waals surface area contributed by atoms with E-state index in [-0.39, 0.29) is 12.3 Å². The Bertz CT molecular complexity index is 585. The minimum Gasteiger partial charge on any atom is -0.459 e. The van der Waals surface area contributed by atoms with Crippen LogP contribution in [0.2, 0.25) is 0 Å². The molecule has 118 valence electrons. The summed E-state index contributed by atoms with van der Waals surface area (Å²) in [5.41, 5.74) is 0.702. The van der Waals surface area contributed by atoms with E-state index in [0.29, 0.717) is 5.56 Å². The fraction of sp³-hybridized carbons (Fsp3) is 0.467. The molecule has 0 bridgehead atoms. The summed E-state index contributed by atoms with van der Waals surface area (Å²) in [6.45, 7) is 3.41. The van der Waals surface area contributed by atoms with Crippen LogP contribution in [-0.4, -0.2) is 47.8 Å². The minimum atomic E-state index is -0.809. The summed E-state index contributed by atoms with van der Waals surface area (Å²) in [6, 6.07) is 8.62. The molecule has 3 rings (SSSR count). The van der Waals surface area contributed by atoms with Crippen molar-refractivity contribution in [2.24, 2.45) is 5.16 Å². The van der Waals surface area contributed by atoms with Gasteiger partial charge in [-0.25, -0.2) is 4.79 Å². The SMILES string of the molecule is CC1(C)O[C@H]2O[C@H](COC(=O)c3ccccc3)/C(=N\O)[C@@H]2O1. The van der Waals surface area contributed by atoms with Crippen LogP contribution in [0.5, 0.6) is 0 Å². The van der Waals surface area contributed by atoms with Gasteiger partial charge in [-0.1, -0.05) is 23.4 Å². The number of fused-ring (bicyclic) bond motifs is 1.